The number of hydrogen-bond acceptors (Lipinski definition) is 2. The van der Waals surface area contributed by atoms with E-state index in [-0.39, 0.29) is 5.91 Å². The van der Waals surface area contributed by atoms with Gasteiger partial charge in [-0.2, -0.15) is 5.10 Å². The van der Waals surface area contributed by atoms with E-state index in [4.69, 9.17) is 0 Å². The summed E-state index contributed by atoms with van der Waals surface area (Å²) in [5.74, 6) is 0.0751. The van der Waals surface area contributed by atoms with Crippen molar-refractivity contribution < 1.29 is 4.79 Å². The van der Waals surface area contributed by atoms with Crippen LogP contribution in [-0.4, -0.2) is 33.6 Å². The van der Waals surface area contributed by atoms with E-state index in [0.29, 0.717) is 18.2 Å². The molecule has 1 saturated carbocycles. The molecule has 4 heteroatoms. The standard InChI is InChI=1S/C12H17N3O/c1-4-7-15(10-5-6-10)12(16)11-8(2)13-14-9(11)3/h4,10H,1,5-7H2,2-3H3,(H,13,14). The zero-order valence-electron chi connectivity index (χ0n) is 9.79. The molecule has 86 valence electrons. The highest BCUT2D eigenvalue weighted by atomic mass is 16.2. The molecule has 2 rings (SSSR count). The maximum absolute atomic E-state index is 12.3. The number of hydrogen-bond donors (Lipinski definition) is 1. The van der Waals surface area contributed by atoms with Crippen LogP contribution in [0.2, 0.25) is 0 Å². The molecule has 1 amide bonds. The number of nitrogens with zero attached hydrogens (tertiary/aromatic N) is 2. The van der Waals surface area contributed by atoms with Gasteiger partial charge in [0.15, 0.2) is 0 Å². The van der Waals surface area contributed by atoms with Crippen molar-refractivity contribution in [2.24, 2.45) is 0 Å². The highest BCUT2D eigenvalue weighted by Gasteiger charge is 2.33. The molecule has 1 fully saturated rings. The Hall–Kier alpha value is -1.58. The summed E-state index contributed by atoms with van der Waals surface area (Å²) < 4.78 is 0. The van der Waals surface area contributed by atoms with E-state index in [9.17, 15) is 4.79 Å². The van der Waals surface area contributed by atoms with Gasteiger partial charge in [-0.3, -0.25) is 9.89 Å². The quantitative estimate of drug-likeness (QED) is 0.785. The third-order valence-corrected chi connectivity index (χ3v) is 2.92. The molecule has 4 nitrogen and oxygen atoms in total. The molecule has 0 saturated heterocycles. The maximum Gasteiger partial charge on any atom is 0.258 e. The molecule has 1 heterocycles. The Balaban J connectivity index is 2.25. The molecule has 0 aliphatic heterocycles. The van der Waals surface area contributed by atoms with E-state index in [0.717, 1.165) is 24.2 Å². The minimum Gasteiger partial charge on any atom is -0.332 e. The number of aryl methyl sites for hydroxylation is 2. The summed E-state index contributed by atoms with van der Waals surface area (Å²) in [5.41, 5.74) is 2.34. The Kier molecular flexibility index (Phi) is 2.81. The second-order valence-corrected chi connectivity index (χ2v) is 4.29. The number of H-pyrrole nitrogens is 1. The van der Waals surface area contributed by atoms with E-state index in [2.05, 4.69) is 16.8 Å². The Bertz CT molecular complexity index is 398. The van der Waals surface area contributed by atoms with E-state index < -0.39 is 0 Å². The first-order valence-electron chi connectivity index (χ1n) is 5.58. The Labute approximate surface area is 95.3 Å². The summed E-state index contributed by atoms with van der Waals surface area (Å²) in [6.45, 7) is 8.06. The Morgan fingerprint density at radius 1 is 1.62 bits per heavy atom. The average molecular weight is 219 g/mol. The van der Waals surface area contributed by atoms with Crippen LogP contribution in [0.1, 0.15) is 34.6 Å². The van der Waals surface area contributed by atoms with Crippen LogP contribution in [0.4, 0.5) is 0 Å². The van der Waals surface area contributed by atoms with Crippen LogP contribution >= 0.6 is 0 Å². The first kappa shape index (κ1) is 10.9. The zero-order valence-corrected chi connectivity index (χ0v) is 9.79. The van der Waals surface area contributed by atoms with Gasteiger partial charge in [-0.1, -0.05) is 6.08 Å². The number of carbonyl (C=O) groups excluding carboxylic acids is 1. The van der Waals surface area contributed by atoms with Gasteiger partial charge >= 0.3 is 0 Å². The number of carbonyl (C=O) groups is 1. The number of rotatable bonds is 4. The molecule has 1 aromatic heterocycles. The van der Waals surface area contributed by atoms with Gasteiger partial charge < -0.3 is 4.90 Å². The smallest absolute Gasteiger partial charge is 0.258 e. The molecule has 0 atom stereocenters. The minimum atomic E-state index is 0.0751. The molecule has 1 aliphatic carbocycles. The van der Waals surface area contributed by atoms with Crippen molar-refractivity contribution in [3.05, 3.63) is 29.6 Å². The van der Waals surface area contributed by atoms with Crippen LogP contribution in [0, 0.1) is 13.8 Å². The van der Waals surface area contributed by atoms with Crippen LogP contribution in [-0.2, 0) is 0 Å². The SMILES string of the molecule is C=CCN(C(=O)c1c(C)n[nH]c1C)C1CC1. The molecule has 0 spiro atoms. The maximum atomic E-state index is 12.3. The fourth-order valence-electron chi connectivity index (χ4n) is 1.93. The third-order valence-electron chi connectivity index (χ3n) is 2.92. The van der Waals surface area contributed by atoms with Gasteiger partial charge in [0.25, 0.3) is 5.91 Å². The number of aromatic amines is 1. The largest absolute Gasteiger partial charge is 0.332 e. The summed E-state index contributed by atoms with van der Waals surface area (Å²) in [5, 5.41) is 6.91. The predicted molar refractivity (Wildman–Crippen MR) is 62.3 cm³/mol. The summed E-state index contributed by atoms with van der Waals surface area (Å²) in [4.78, 5) is 14.2. The van der Waals surface area contributed by atoms with Gasteiger partial charge in [-0.05, 0) is 26.7 Å². The van der Waals surface area contributed by atoms with Crippen molar-refractivity contribution in [2.45, 2.75) is 32.7 Å². The molecule has 16 heavy (non-hydrogen) atoms. The lowest BCUT2D eigenvalue weighted by atomic mass is 10.1. The molecule has 0 aromatic carbocycles. The fraction of sp³-hybridized carbons (Fsp3) is 0.500. The average Bonchev–Trinajstić information content (AvgIpc) is 3.02. The molecule has 1 aliphatic rings. The number of amides is 1. The summed E-state index contributed by atoms with van der Waals surface area (Å²) >= 11 is 0. The lowest BCUT2D eigenvalue weighted by molar-refractivity contribution is 0.0761. The molecule has 1 aromatic rings. The second-order valence-electron chi connectivity index (χ2n) is 4.29. The number of aromatic nitrogens is 2. The molecule has 0 unspecified atom stereocenters. The molecular weight excluding hydrogens is 202 g/mol. The van der Waals surface area contributed by atoms with Crippen LogP contribution in [0.25, 0.3) is 0 Å². The first-order valence-corrected chi connectivity index (χ1v) is 5.58. The lowest BCUT2D eigenvalue weighted by Crippen LogP contribution is -2.33. The lowest BCUT2D eigenvalue weighted by Gasteiger charge is -2.20. The van der Waals surface area contributed by atoms with Gasteiger partial charge in [0.05, 0.1) is 11.3 Å². The van der Waals surface area contributed by atoms with Gasteiger partial charge in [-0.15, -0.1) is 6.58 Å². The van der Waals surface area contributed by atoms with E-state index in [1.165, 1.54) is 0 Å². The summed E-state index contributed by atoms with van der Waals surface area (Å²) in [7, 11) is 0. The van der Waals surface area contributed by atoms with Gasteiger partial charge in [-0.25, -0.2) is 0 Å². The van der Waals surface area contributed by atoms with Crippen molar-refractivity contribution >= 4 is 5.91 Å². The van der Waals surface area contributed by atoms with E-state index in [1.807, 2.05) is 18.7 Å². The summed E-state index contributed by atoms with van der Waals surface area (Å²) in [6.07, 6.45) is 3.99. The number of nitrogens with one attached hydrogen (secondary N) is 1. The third kappa shape index (κ3) is 1.87. The van der Waals surface area contributed by atoms with Gasteiger partial charge in [0.1, 0.15) is 0 Å². The predicted octanol–water partition coefficient (Wildman–Crippen LogP) is 1.82. The van der Waals surface area contributed by atoms with E-state index in [1.54, 1.807) is 6.08 Å². The Morgan fingerprint density at radius 2 is 2.31 bits per heavy atom. The van der Waals surface area contributed by atoms with E-state index >= 15 is 0 Å². The molecule has 1 N–H and O–H groups in total. The fourth-order valence-corrected chi connectivity index (χ4v) is 1.93. The normalized spacial score (nSPS) is 14.9. The Morgan fingerprint density at radius 3 is 2.75 bits per heavy atom. The monoisotopic (exact) mass is 219 g/mol. The van der Waals surface area contributed by atoms with Crippen LogP contribution in [0.5, 0.6) is 0 Å². The molecule has 0 radical (unpaired) electrons. The first-order chi connectivity index (χ1) is 7.65. The minimum absolute atomic E-state index is 0.0751. The highest BCUT2D eigenvalue weighted by Crippen LogP contribution is 2.28. The van der Waals surface area contributed by atoms with Gasteiger partial charge in [0.2, 0.25) is 0 Å². The van der Waals surface area contributed by atoms with Crippen molar-refractivity contribution in [1.29, 1.82) is 0 Å². The highest BCUT2D eigenvalue weighted by molar-refractivity contribution is 5.96. The van der Waals surface area contributed by atoms with Gasteiger partial charge in [0, 0.05) is 18.3 Å². The van der Waals surface area contributed by atoms with Crippen LogP contribution in [0.15, 0.2) is 12.7 Å². The second kappa shape index (κ2) is 4.12. The van der Waals surface area contributed by atoms with Crippen molar-refractivity contribution in [3.8, 4) is 0 Å². The van der Waals surface area contributed by atoms with Crippen LogP contribution in [0.3, 0.4) is 0 Å². The van der Waals surface area contributed by atoms with Crippen molar-refractivity contribution in [2.75, 3.05) is 6.54 Å². The topological polar surface area (TPSA) is 49.0 Å². The molecular formula is C12H17N3O. The van der Waals surface area contributed by atoms with Crippen molar-refractivity contribution in [1.82, 2.24) is 15.1 Å². The van der Waals surface area contributed by atoms with Crippen molar-refractivity contribution in [3.63, 3.8) is 0 Å². The van der Waals surface area contributed by atoms with Crippen LogP contribution < -0.4 is 0 Å². The zero-order chi connectivity index (χ0) is 11.7. The molecule has 0 bridgehead atoms. The summed E-state index contributed by atoms with van der Waals surface area (Å²) in [6, 6.07) is 0.402.